The van der Waals surface area contributed by atoms with Gasteiger partial charge in [0.25, 0.3) is 0 Å². The number of hydrogen-bond acceptors (Lipinski definition) is 6. The summed E-state index contributed by atoms with van der Waals surface area (Å²) in [6.45, 7) is 12.9. The molecule has 1 saturated heterocycles. The Labute approximate surface area is 204 Å². The number of oxime groups is 1. The maximum atomic E-state index is 12.9. The molecule has 0 aromatic heterocycles. The van der Waals surface area contributed by atoms with Crippen LogP contribution in [0.15, 0.2) is 17.3 Å². The minimum absolute atomic E-state index is 0.118. The van der Waals surface area contributed by atoms with Crippen LogP contribution in [0.25, 0.3) is 0 Å². The van der Waals surface area contributed by atoms with Crippen LogP contribution in [0, 0.1) is 40.4 Å². The van der Waals surface area contributed by atoms with Gasteiger partial charge >= 0.3 is 5.97 Å². The van der Waals surface area contributed by atoms with Crippen molar-refractivity contribution in [2.45, 2.75) is 84.7 Å². The molecule has 188 valence electrons. The van der Waals surface area contributed by atoms with Crippen LogP contribution in [0.1, 0.15) is 78.6 Å². The fourth-order valence-electron chi connectivity index (χ4n) is 8.84. The molecule has 0 aromatic carbocycles. The smallest absolute Gasteiger partial charge is 0.302 e. The number of hydrogen-bond donors (Lipinski definition) is 1. The number of allylic oxidation sites excluding steroid dienone is 1. The molecule has 4 saturated carbocycles. The molecule has 1 aliphatic heterocycles. The second-order valence-electron chi connectivity index (χ2n) is 12.0. The van der Waals surface area contributed by atoms with E-state index in [-0.39, 0.29) is 34.7 Å². The van der Waals surface area contributed by atoms with Gasteiger partial charge in [-0.05, 0) is 75.2 Å². The van der Waals surface area contributed by atoms with Crippen LogP contribution in [0.2, 0.25) is 0 Å². The molecular weight excluding hydrogens is 428 g/mol. The van der Waals surface area contributed by atoms with Crippen LogP contribution in [-0.2, 0) is 19.2 Å². The van der Waals surface area contributed by atoms with Gasteiger partial charge in [-0.1, -0.05) is 31.2 Å². The van der Waals surface area contributed by atoms with E-state index in [1.165, 1.54) is 12.5 Å². The van der Waals surface area contributed by atoms with E-state index >= 15 is 0 Å². The number of ether oxygens (including phenoxy) is 1. The Morgan fingerprint density at radius 1 is 1.21 bits per heavy atom. The highest BCUT2D eigenvalue weighted by Crippen LogP contribution is 2.67. The Balaban J connectivity index is 1.48. The summed E-state index contributed by atoms with van der Waals surface area (Å²) in [6.07, 6.45) is 8.70. The van der Waals surface area contributed by atoms with Gasteiger partial charge in [-0.15, -0.1) is 0 Å². The average molecular weight is 471 g/mol. The third-order valence-electron chi connectivity index (χ3n) is 10.4. The van der Waals surface area contributed by atoms with Gasteiger partial charge in [0.1, 0.15) is 11.9 Å². The standard InChI is InChI=1S/C28H42N2O4/c1-5-20-24(30-34-19-10-13-29-15-19)9-12-28(16-33-18(3)31)23-8-11-27(4)22(6-7-25(27)32)21(23)14-17(2)26(20)28/h19-23,26,29H,2,5-16H2,1,3-4H3/b30-24+/t19?,20-,21?,22?,23?,26?,27-,28-/m0/s1. The largest absolute Gasteiger partial charge is 0.465 e. The molecule has 0 amide bonds. The summed E-state index contributed by atoms with van der Waals surface area (Å²) in [7, 11) is 0. The number of carbonyl (C=O) groups excluding carboxylic acids is 2. The molecule has 0 bridgehead atoms. The molecule has 5 aliphatic rings. The van der Waals surface area contributed by atoms with Gasteiger partial charge in [0, 0.05) is 43.1 Å². The van der Waals surface area contributed by atoms with Crippen LogP contribution in [0.5, 0.6) is 0 Å². The molecule has 0 spiro atoms. The highest BCUT2D eigenvalue weighted by Gasteiger charge is 2.64. The molecule has 5 unspecified atom stereocenters. The zero-order valence-corrected chi connectivity index (χ0v) is 21.2. The van der Waals surface area contributed by atoms with E-state index in [2.05, 4.69) is 25.7 Å². The van der Waals surface area contributed by atoms with Crippen molar-refractivity contribution >= 4 is 17.5 Å². The predicted molar refractivity (Wildman–Crippen MR) is 131 cm³/mol. The normalized spacial score (nSPS) is 45.0. The summed E-state index contributed by atoms with van der Waals surface area (Å²) in [4.78, 5) is 30.8. The van der Waals surface area contributed by atoms with Gasteiger partial charge in [0.05, 0.1) is 12.3 Å². The number of rotatable bonds is 5. The third-order valence-corrected chi connectivity index (χ3v) is 10.4. The lowest BCUT2D eigenvalue weighted by atomic mass is 9.42. The molecule has 1 N–H and O–H groups in total. The van der Waals surface area contributed by atoms with Crippen molar-refractivity contribution in [3.8, 4) is 0 Å². The van der Waals surface area contributed by atoms with Crippen LogP contribution < -0.4 is 5.32 Å². The van der Waals surface area contributed by atoms with E-state index in [4.69, 9.17) is 14.7 Å². The van der Waals surface area contributed by atoms with Crippen molar-refractivity contribution in [2.75, 3.05) is 19.7 Å². The average Bonchev–Trinajstić information content (AvgIpc) is 3.44. The first-order chi connectivity index (χ1) is 16.3. The first-order valence-electron chi connectivity index (χ1n) is 13.6. The molecule has 0 aromatic rings. The minimum Gasteiger partial charge on any atom is -0.465 e. The SMILES string of the molecule is C=C1CC2C(CC[C@]3(C)C(=O)CCC23)[C@@]2(COC(C)=O)CC/C(=N\OC3CCNC3)[C@H](CC)C12. The predicted octanol–water partition coefficient (Wildman–Crippen LogP) is 4.68. The zero-order valence-electron chi connectivity index (χ0n) is 21.2. The van der Waals surface area contributed by atoms with Gasteiger partial charge in [-0.25, -0.2) is 0 Å². The van der Waals surface area contributed by atoms with Crippen LogP contribution in [0.4, 0.5) is 0 Å². The fourth-order valence-corrected chi connectivity index (χ4v) is 8.84. The lowest BCUT2D eigenvalue weighted by Crippen LogP contribution is -2.59. The zero-order chi connectivity index (χ0) is 24.1. The highest BCUT2D eigenvalue weighted by atomic mass is 16.6. The van der Waals surface area contributed by atoms with E-state index in [0.717, 1.165) is 76.6 Å². The van der Waals surface area contributed by atoms with Crippen LogP contribution in [-0.4, -0.2) is 43.3 Å². The first-order valence-corrected chi connectivity index (χ1v) is 13.6. The second-order valence-corrected chi connectivity index (χ2v) is 12.0. The Kier molecular flexibility index (Phi) is 6.41. The fraction of sp³-hybridized carbons (Fsp3) is 0.821. The Hall–Kier alpha value is -1.69. The molecule has 1 heterocycles. The molecule has 5 rings (SSSR count). The number of nitrogens with one attached hydrogen (secondary N) is 1. The molecular formula is C28H42N2O4. The summed E-state index contributed by atoms with van der Waals surface area (Å²) < 4.78 is 5.84. The van der Waals surface area contributed by atoms with Crippen molar-refractivity contribution in [1.29, 1.82) is 0 Å². The number of carbonyl (C=O) groups is 2. The van der Waals surface area contributed by atoms with Crippen molar-refractivity contribution in [2.24, 2.45) is 45.6 Å². The molecule has 0 radical (unpaired) electrons. The quantitative estimate of drug-likeness (QED) is 0.359. The number of nitrogens with zero attached hydrogens (tertiary/aromatic N) is 1. The molecule has 4 aliphatic carbocycles. The molecule has 6 nitrogen and oxygen atoms in total. The van der Waals surface area contributed by atoms with Gasteiger partial charge in [0.2, 0.25) is 0 Å². The number of fused-ring (bicyclic) bond motifs is 5. The van der Waals surface area contributed by atoms with Crippen molar-refractivity contribution in [3.05, 3.63) is 12.2 Å². The first kappa shape index (κ1) is 24.0. The lowest BCUT2D eigenvalue weighted by molar-refractivity contribution is -0.160. The van der Waals surface area contributed by atoms with Crippen molar-refractivity contribution in [1.82, 2.24) is 5.32 Å². The van der Waals surface area contributed by atoms with Crippen molar-refractivity contribution in [3.63, 3.8) is 0 Å². The van der Waals surface area contributed by atoms with E-state index in [1.54, 1.807) is 0 Å². The topological polar surface area (TPSA) is 77.0 Å². The van der Waals surface area contributed by atoms with E-state index in [9.17, 15) is 9.59 Å². The van der Waals surface area contributed by atoms with E-state index in [0.29, 0.717) is 30.1 Å². The molecule has 34 heavy (non-hydrogen) atoms. The van der Waals surface area contributed by atoms with E-state index < -0.39 is 0 Å². The lowest BCUT2D eigenvalue weighted by Gasteiger charge is -2.62. The third kappa shape index (κ3) is 3.75. The monoisotopic (exact) mass is 470 g/mol. The Morgan fingerprint density at radius 3 is 2.74 bits per heavy atom. The van der Waals surface area contributed by atoms with Crippen LogP contribution >= 0.6 is 0 Å². The molecule has 8 atom stereocenters. The van der Waals surface area contributed by atoms with Gasteiger partial charge in [-0.2, -0.15) is 0 Å². The summed E-state index contributed by atoms with van der Waals surface area (Å²) in [6, 6.07) is 0. The summed E-state index contributed by atoms with van der Waals surface area (Å²) in [5.41, 5.74) is 2.14. The second kappa shape index (κ2) is 9.07. The minimum atomic E-state index is -0.206. The van der Waals surface area contributed by atoms with Gasteiger partial charge < -0.3 is 14.9 Å². The maximum absolute atomic E-state index is 12.9. The molecule has 5 fully saturated rings. The highest BCUT2D eigenvalue weighted by molar-refractivity contribution is 5.88. The summed E-state index contributed by atoms with van der Waals surface area (Å²) in [5, 5.41) is 8.08. The summed E-state index contributed by atoms with van der Waals surface area (Å²) in [5.74, 6) is 2.12. The van der Waals surface area contributed by atoms with Crippen molar-refractivity contribution < 1.29 is 19.2 Å². The van der Waals surface area contributed by atoms with Gasteiger partial charge in [0.15, 0.2) is 0 Å². The number of ketones is 1. The maximum Gasteiger partial charge on any atom is 0.302 e. The summed E-state index contributed by atoms with van der Waals surface area (Å²) >= 11 is 0. The number of Topliss-reactive ketones (excluding diaryl/α,β-unsaturated/α-hetero) is 1. The van der Waals surface area contributed by atoms with Gasteiger partial charge in [-0.3, -0.25) is 9.59 Å². The van der Waals surface area contributed by atoms with Crippen LogP contribution in [0.3, 0.4) is 0 Å². The number of esters is 1. The Morgan fingerprint density at radius 2 is 2.03 bits per heavy atom. The van der Waals surface area contributed by atoms with E-state index in [1.807, 2.05) is 0 Å². The molecule has 6 heteroatoms. The Bertz CT molecular complexity index is 878.